The zero-order valence-corrected chi connectivity index (χ0v) is 12.2. The van der Waals surface area contributed by atoms with Crippen molar-refractivity contribution < 1.29 is 27.6 Å². The number of hydrogen-bond acceptors (Lipinski definition) is 6. The van der Waals surface area contributed by atoms with Gasteiger partial charge in [-0.15, -0.1) is 0 Å². The van der Waals surface area contributed by atoms with Crippen molar-refractivity contribution in [1.29, 1.82) is 0 Å². The fourth-order valence-corrected chi connectivity index (χ4v) is 2.91. The molecular weight excluding hydrogens is 271 g/mol. The average Bonchev–Trinajstić information content (AvgIpc) is 2.91. The zero-order chi connectivity index (χ0) is 14.3. The van der Waals surface area contributed by atoms with E-state index in [9.17, 15) is 9.36 Å². The number of hydrogen-bond donors (Lipinski definition) is 0. The van der Waals surface area contributed by atoms with Crippen LogP contribution in [-0.4, -0.2) is 33.0 Å². The summed E-state index contributed by atoms with van der Waals surface area (Å²) in [5.41, 5.74) is 0. The molecule has 0 bridgehead atoms. The molecule has 1 unspecified atom stereocenters. The summed E-state index contributed by atoms with van der Waals surface area (Å²) in [6.45, 7) is 1.98. The normalized spacial score (nSPS) is 13.2. The standard InChI is InChI=1S/C12H19O6P/c1-4-17-12(13)10(8-11-6-5-7-18-11)9-19(14,15-2)16-3/h5-7,10H,4,8-9H2,1-3H3. The number of rotatable bonds is 8. The van der Waals surface area contributed by atoms with Gasteiger partial charge in [-0.2, -0.15) is 0 Å². The van der Waals surface area contributed by atoms with Gasteiger partial charge in [-0.25, -0.2) is 0 Å². The Morgan fingerprint density at radius 2 is 2.11 bits per heavy atom. The van der Waals surface area contributed by atoms with Crippen LogP contribution in [0.25, 0.3) is 0 Å². The first-order chi connectivity index (χ1) is 9.04. The molecule has 0 aliphatic rings. The molecule has 1 aromatic heterocycles. The molecule has 7 heteroatoms. The predicted molar refractivity (Wildman–Crippen MR) is 69.0 cm³/mol. The molecular formula is C12H19O6P. The molecule has 6 nitrogen and oxygen atoms in total. The van der Waals surface area contributed by atoms with Crippen molar-refractivity contribution in [3.8, 4) is 0 Å². The second kappa shape index (κ2) is 7.48. The van der Waals surface area contributed by atoms with Gasteiger partial charge >= 0.3 is 13.6 Å². The smallest absolute Gasteiger partial charge is 0.331 e. The molecule has 1 heterocycles. The Balaban J connectivity index is 2.80. The first-order valence-electron chi connectivity index (χ1n) is 5.94. The second-order valence-electron chi connectivity index (χ2n) is 3.89. The number of carbonyl (C=O) groups is 1. The summed E-state index contributed by atoms with van der Waals surface area (Å²) >= 11 is 0. The van der Waals surface area contributed by atoms with E-state index in [1.807, 2.05) is 0 Å². The van der Waals surface area contributed by atoms with Gasteiger partial charge in [-0.1, -0.05) is 0 Å². The van der Waals surface area contributed by atoms with Gasteiger partial charge in [0.15, 0.2) is 0 Å². The van der Waals surface area contributed by atoms with Crippen LogP contribution in [0.1, 0.15) is 12.7 Å². The Morgan fingerprint density at radius 3 is 2.58 bits per heavy atom. The lowest BCUT2D eigenvalue weighted by atomic mass is 10.1. The third-order valence-corrected chi connectivity index (χ3v) is 4.65. The van der Waals surface area contributed by atoms with Crippen LogP contribution in [0, 0.1) is 5.92 Å². The van der Waals surface area contributed by atoms with Crippen LogP contribution in [0.4, 0.5) is 0 Å². The summed E-state index contributed by atoms with van der Waals surface area (Å²) in [6, 6.07) is 3.47. The number of carbonyl (C=O) groups excluding carboxylic acids is 1. The molecule has 108 valence electrons. The van der Waals surface area contributed by atoms with E-state index in [4.69, 9.17) is 18.2 Å². The number of ether oxygens (including phenoxy) is 1. The Bertz CT molecular complexity index is 419. The summed E-state index contributed by atoms with van der Waals surface area (Å²) < 4.78 is 32.0. The minimum atomic E-state index is -3.28. The predicted octanol–water partition coefficient (Wildman–Crippen LogP) is 2.49. The van der Waals surface area contributed by atoms with Gasteiger partial charge in [0.05, 0.1) is 24.9 Å². The van der Waals surface area contributed by atoms with Crippen molar-refractivity contribution in [2.45, 2.75) is 13.3 Å². The van der Waals surface area contributed by atoms with Crippen LogP contribution in [0.15, 0.2) is 22.8 Å². The molecule has 0 aromatic carbocycles. The van der Waals surface area contributed by atoms with Gasteiger partial charge in [-0.05, 0) is 19.1 Å². The van der Waals surface area contributed by atoms with E-state index in [1.54, 1.807) is 19.1 Å². The van der Waals surface area contributed by atoms with Crippen molar-refractivity contribution in [2.75, 3.05) is 27.0 Å². The summed E-state index contributed by atoms with van der Waals surface area (Å²) in [5.74, 6) is -0.443. The number of furan rings is 1. The molecule has 0 aliphatic carbocycles. The molecule has 0 saturated carbocycles. The minimum Gasteiger partial charge on any atom is -0.469 e. The molecule has 0 N–H and O–H groups in total. The fraction of sp³-hybridized carbons (Fsp3) is 0.583. The van der Waals surface area contributed by atoms with Crippen LogP contribution in [0.2, 0.25) is 0 Å². The molecule has 0 fully saturated rings. The van der Waals surface area contributed by atoms with Crippen LogP contribution in [0.3, 0.4) is 0 Å². The maximum Gasteiger partial charge on any atom is 0.331 e. The van der Waals surface area contributed by atoms with Crippen molar-refractivity contribution in [2.24, 2.45) is 5.92 Å². The van der Waals surface area contributed by atoms with Crippen LogP contribution >= 0.6 is 7.60 Å². The Morgan fingerprint density at radius 1 is 1.42 bits per heavy atom. The lowest BCUT2D eigenvalue weighted by Crippen LogP contribution is -2.24. The highest BCUT2D eigenvalue weighted by molar-refractivity contribution is 7.53. The van der Waals surface area contributed by atoms with Crippen molar-refractivity contribution >= 4 is 13.6 Å². The van der Waals surface area contributed by atoms with Crippen molar-refractivity contribution in [1.82, 2.24) is 0 Å². The molecule has 0 aliphatic heterocycles. The average molecular weight is 290 g/mol. The summed E-state index contributed by atoms with van der Waals surface area (Å²) in [7, 11) is -0.694. The third kappa shape index (κ3) is 4.82. The molecule has 1 rings (SSSR count). The summed E-state index contributed by atoms with van der Waals surface area (Å²) in [5, 5.41) is 0. The van der Waals surface area contributed by atoms with Crippen molar-refractivity contribution in [3.05, 3.63) is 24.2 Å². The van der Waals surface area contributed by atoms with Crippen molar-refractivity contribution in [3.63, 3.8) is 0 Å². The van der Waals surface area contributed by atoms with Crippen LogP contribution in [-0.2, 0) is 29.6 Å². The molecule has 0 saturated heterocycles. The quantitative estimate of drug-likeness (QED) is 0.541. The molecule has 1 atom stereocenters. The summed E-state index contributed by atoms with van der Waals surface area (Å²) in [4.78, 5) is 11.9. The van der Waals surface area contributed by atoms with E-state index in [1.165, 1.54) is 20.5 Å². The highest BCUT2D eigenvalue weighted by Crippen LogP contribution is 2.48. The highest BCUT2D eigenvalue weighted by atomic mass is 31.2. The second-order valence-corrected chi connectivity index (χ2v) is 6.21. The Labute approximate surface area is 112 Å². The van der Waals surface area contributed by atoms with Gasteiger partial charge in [0.2, 0.25) is 0 Å². The zero-order valence-electron chi connectivity index (χ0n) is 11.3. The maximum absolute atomic E-state index is 12.1. The van der Waals surface area contributed by atoms with Gasteiger partial charge in [0, 0.05) is 20.6 Å². The maximum atomic E-state index is 12.1. The fourth-order valence-electron chi connectivity index (χ4n) is 1.65. The monoisotopic (exact) mass is 290 g/mol. The first kappa shape index (κ1) is 16.0. The lowest BCUT2D eigenvalue weighted by molar-refractivity contribution is -0.147. The molecule has 19 heavy (non-hydrogen) atoms. The highest BCUT2D eigenvalue weighted by Gasteiger charge is 2.32. The topological polar surface area (TPSA) is 75.0 Å². The largest absolute Gasteiger partial charge is 0.469 e. The van der Waals surface area contributed by atoms with E-state index in [0.717, 1.165) is 0 Å². The Hall–Kier alpha value is -1.10. The minimum absolute atomic E-state index is 0.0421. The van der Waals surface area contributed by atoms with Gasteiger partial charge in [-0.3, -0.25) is 9.36 Å². The van der Waals surface area contributed by atoms with Gasteiger partial charge in [0.1, 0.15) is 5.76 Å². The Kier molecular flexibility index (Phi) is 6.28. The molecule has 0 radical (unpaired) electrons. The van der Waals surface area contributed by atoms with Crippen LogP contribution in [0.5, 0.6) is 0 Å². The van der Waals surface area contributed by atoms with E-state index in [0.29, 0.717) is 12.2 Å². The third-order valence-electron chi connectivity index (χ3n) is 2.65. The SMILES string of the molecule is CCOC(=O)C(Cc1ccco1)CP(=O)(OC)OC. The van der Waals surface area contributed by atoms with Crippen LogP contribution < -0.4 is 0 Å². The van der Waals surface area contributed by atoms with Gasteiger partial charge < -0.3 is 18.2 Å². The molecule has 0 amide bonds. The van der Waals surface area contributed by atoms with E-state index in [2.05, 4.69) is 0 Å². The van der Waals surface area contributed by atoms with E-state index in [-0.39, 0.29) is 12.8 Å². The summed E-state index contributed by atoms with van der Waals surface area (Å²) in [6.07, 6.45) is 1.77. The molecule has 0 spiro atoms. The van der Waals surface area contributed by atoms with E-state index < -0.39 is 19.5 Å². The molecule has 1 aromatic rings. The van der Waals surface area contributed by atoms with Gasteiger partial charge in [0.25, 0.3) is 0 Å². The first-order valence-corrected chi connectivity index (χ1v) is 7.67. The van der Waals surface area contributed by atoms with E-state index >= 15 is 0 Å². The lowest BCUT2D eigenvalue weighted by Gasteiger charge is -2.19. The number of esters is 1.